The second kappa shape index (κ2) is 4.00. The quantitative estimate of drug-likeness (QED) is 0.756. The summed E-state index contributed by atoms with van der Waals surface area (Å²) in [5.74, 6) is 1.60. The van der Waals surface area contributed by atoms with Crippen molar-refractivity contribution < 1.29 is 0 Å². The van der Waals surface area contributed by atoms with Gasteiger partial charge in [-0.15, -0.1) is 4.48 Å². The molecule has 0 N–H and O–H groups in total. The fourth-order valence-corrected chi connectivity index (χ4v) is 2.22. The number of aromatic nitrogens is 4. The van der Waals surface area contributed by atoms with E-state index in [4.69, 9.17) is 0 Å². The largest absolute Gasteiger partial charge is 0.266 e. The van der Waals surface area contributed by atoms with Crippen LogP contribution in [0.2, 0.25) is 0 Å². The third kappa shape index (κ3) is 1.39. The summed E-state index contributed by atoms with van der Waals surface area (Å²) in [5, 5.41) is 0. The van der Waals surface area contributed by atoms with Gasteiger partial charge in [-0.1, -0.05) is 0 Å². The van der Waals surface area contributed by atoms with Gasteiger partial charge in [-0.05, 0) is 0 Å². The molecule has 0 aromatic carbocycles. The molecule has 0 bridgehead atoms. The lowest BCUT2D eigenvalue weighted by atomic mass is 10.4. The Kier molecular flexibility index (Phi) is 2.18. The zero-order valence-electron chi connectivity index (χ0n) is 10.3. The van der Waals surface area contributed by atoms with E-state index in [0.29, 0.717) is 0 Å². The van der Waals surface area contributed by atoms with Gasteiger partial charge in [0.05, 0.1) is 18.1 Å². The van der Waals surface area contributed by atoms with Gasteiger partial charge in [-0.25, -0.2) is 19.9 Å². The summed E-state index contributed by atoms with van der Waals surface area (Å²) in [6.07, 6.45) is 15.1. The van der Waals surface area contributed by atoms with Gasteiger partial charge in [0.1, 0.15) is 31.4 Å². The van der Waals surface area contributed by atoms with Crippen molar-refractivity contribution in [3.8, 4) is 5.69 Å². The average molecular weight is 265 g/mol. The Hall–Kier alpha value is -3.00. The highest BCUT2D eigenvalue weighted by molar-refractivity contribution is 6.01. The molecule has 8 heteroatoms. The molecule has 0 fully saturated rings. The van der Waals surface area contributed by atoms with Gasteiger partial charge in [0, 0.05) is 0 Å². The number of fused-ring (bicyclic) bond motifs is 1. The van der Waals surface area contributed by atoms with Crippen LogP contribution in [0.1, 0.15) is 0 Å². The zero-order chi connectivity index (χ0) is 13.4. The van der Waals surface area contributed by atoms with Gasteiger partial charge in [-0.3, -0.25) is 4.57 Å². The molecule has 8 nitrogen and oxygen atoms in total. The van der Waals surface area contributed by atoms with Crippen LogP contribution in [0.3, 0.4) is 0 Å². The van der Waals surface area contributed by atoms with Crippen LogP contribution in [0, 0.1) is 0 Å². The van der Waals surface area contributed by atoms with Crippen LogP contribution in [0.5, 0.6) is 0 Å². The van der Waals surface area contributed by atoms with Crippen LogP contribution in [0.15, 0.2) is 58.2 Å². The number of hydrogen-bond donors (Lipinski definition) is 0. The molecule has 0 aliphatic carbocycles. The molecule has 0 spiro atoms. The van der Waals surface area contributed by atoms with Gasteiger partial charge in [0.25, 0.3) is 11.6 Å². The lowest BCUT2D eigenvalue weighted by Crippen LogP contribution is -2.45. The average Bonchev–Trinajstić information content (AvgIpc) is 3.15. The van der Waals surface area contributed by atoms with E-state index >= 15 is 0 Å². The van der Waals surface area contributed by atoms with Crippen molar-refractivity contribution in [2.24, 2.45) is 15.0 Å². The molecule has 20 heavy (non-hydrogen) atoms. The van der Waals surface area contributed by atoms with E-state index in [2.05, 4.69) is 29.9 Å². The van der Waals surface area contributed by atoms with Gasteiger partial charge in [0.15, 0.2) is 0 Å². The standard InChI is InChI=1S/C12H9N8/c1-10(2-14-5-13-1)19-7-15-4-12(19)20-8-16-3-11(20)18-6-17-9-20/h1-9H/q+1. The van der Waals surface area contributed by atoms with Crippen LogP contribution in [0.25, 0.3) is 5.69 Å². The van der Waals surface area contributed by atoms with Gasteiger partial charge < -0.3 is 0 Å². The van der Waals surface area contributed by atoms with Crippen molar-refractivity contribution in [1.29, 1.82) is 0 Å². The van der Waals surface area contributed by atoms with Crippen molar-refractivity contribution in [3.63, 3.8) is 0 Å². The van der Waals surface area contributed by atoms with E-state index in [9.17, 15) is 0 Å². The topological polar surface area (TPSA) is 80.7 Å². The molecule has 0 saturated heterocycles. The van der Waals surface area contributed by atoms with Crippen molar-refractivity contribution in [2.45, 2.75) is 0 Å². The monoisotopic (exact) mass is 265 g/mol. The van der Waals surface area contributed by atoms with Gasteiger partial charge >= 0.3 is 0 Å². The molecule has 1 unspecified atom stereocenters. The van der Waals surface area contributed by atoms with Crippen LogP contribution in [-0.2, 0) is 0 Å². The molecule has 4 heterocycles. The van der Waals surface area contributed by atoms with Crippen LogP contribution >= 0.6 is 0 Å². The maximum atomic E-state index is 4.27. The summed E-state index contributed by atoms with van der Waals surface area (Å²) in [6.45, 7) is 0. The molecule has 1 atom stereocenters. The highest BCUT2D eigenvalue weighted by atomic mass is 15.5. The SMILES string of the molecule is C1=NC=NC2=CN=C[N+]12c1cncn1-c1cncnc1. The Labute approximate surface area is 113 Å². The lowest BCUT2D eigenvalue weighted by Gasteiger charge is -2.25. The maximum Gasteiger partial charge on any atom is 0.266 e. The Bertz CT molecular complexity index is 770. The maximum absolute atomic E-state index is 4.27. The minimum Gasteiger partial charge on any atom is -0.250 e. The minimum atomic E-state index is 0.200. The second-order valence-electron chi connectivity index (χ2n) is 4.26. The van der Waals surface area contributed by atoms with Crippen molar-refractivity contribution in [2.75, 3.05) is 0 Å². The number of nitrogens with zero attached hydrogens (tertiary/aromatic N) is 8. The van der Waals surface area contributed by atoms with Crippen molar-refractivity contribution in [1.82, 2.24) is 24.0 Å². The first kappa shape index (κ1) is 10.9. The third-order valence-electron chi connectivity index (χ3n) is 3.15. The molecule has 2 aromatic rings. The summed E-state index contributed by atoms with van der Waals surface area (Å²) in [7, 11) is 0. The molecule has 2 aromatic heterocycles. The Morgan fingerprint density at radius 1 is 0.950 bits per heavy atom. The number of quaternary nitrogens is 1. The number of hydrogen-bond acceptors (Lipinski definition) is 6. The van der Waals surface area contributed by atoms with Gasteiger partial charge in [-0.2, -0.15) is 9.98 Å². The third-order valence-corrected chi connectivity index (χ3v) is 3.15. The fraction of sp³-hybridized carbons (Fsp3) is 0. The first-order chi connectivity index (χ1) is 9.90. The number of aliphatic imine (C=N–C) groups is 3. The Balaban J connectivity index is 1.91. The molecular weight excluding hydrogens is 256 g/mol. The molecule has 96 valence electrons. The summed E-state index contributed by atoms with van der Waals surface area (Å²) >= 11 is 0. The smallest absolute Gasteiger partial charge is 0.250 e. The normalized spacial score (nSPS) is 22.9. The molecule has 0 radical (unpaired) electrons. The summed E-state index contributed by atoms with van der Waals surface area (Å²) in [6, 6.07) is 0. The fourth-order valence-electron chi connectivity index (χ4n) is 2.22. The Morgan fingerprint density at radius 3 is 2.70 bits per heavy atom. The van der Waals surface area contributed by atoms with E-state index in [1.54, 1.807) is 43.8 Å². The predicted molar refractivity (Wildman–Crippen MR) is 74.5 cm³/mol. The summed E-state index contributed by atoms with van der Waals surface area (Å²) in [4.78, 5) is 24.9. The van der Waals surface area contributed by atoms with Crippen molar-refractivity contribution >= 4 is 24.8 Å². The van der Waals surface area contributed by atoms with E-state index in [0.717, 1.165) is 17.3 Å². The number of rotatable bonds is 2. The van der Waals surface area contributed by atoms with Crippen LogP contribution in [-0.4, -0.2) is 38.5 Å². The summed E-state index contributed by atoms with van der Waals surface area (Å²) in [5.41, 5.74) is 0.815. The van der Waals surface area contributed by atoms with Crippen LogP contribution in [0.4, 0.5) is 5.82 Å². The van der Waals surface area contributed by atoms with Crippen LogP contribution < -0.4 is 4.48 Å². The highest BCUT2D eigenvalue weighted by Gasteiger charge is 2.41. The van der Waals surface area contributed by atoms with E-state index < -0.39 is 0 Å². The van der Waals surface area contributed by atoms with E-state index in [1.807, 2.05) is 4.57 Å². The second-order valence-corrected chi connectivity index (χ2v) is 4.26. The lowest BCUT2D eigenvalue weighted by molar-refractivity contribution is 0.706. The number of imidazole rings is 1. The molecule has 0 saturated carbocycles. The zero-order valence-corrected chi connectivity index (χ0v) is 10.3. The van der Waals surface area contributed by atoms with E-state index in [-0.39, 0.29) is 4.48 Å². The molecule has 2 aliphatic heterocycles. The van der Waals surface area contributed by atoms with Gasteiger partial charge in [0.2, 0.25) is 12.7 Å². The highest BCUT2D eigenvalue weighted by Crippen LogP contribution is 2.32. The van der Waals surface area contributed by atoms with Crippen molar-refractivity contribution in [3.05, 3.63) is 43.3 Å². The predicted octanol–water partition coefficient (Wildman–Crippen LogP) is 0.881. The first-order valence-electron chi connectivity index (χ1n) is 5.89. The summed E-state index contributed by atoms with van der Waals surface area (Å²) < 4.78 is 2.09. The molecule has 2 aliphatic rings. The minimum absolute atomic E-state index is 0.200. The molecular formula is C12H9N8+. The Morgan fingerprint density at radius 2 is 1.80 bits per heavy atom. The first-order valence-corrected chi connectivity index (χ1v) is 5.89. The molecule has 4 rings (SSSR count). The molecule has 0 amide bonds. The van der Waals surface area contributed by atoms with E-state index in [1.165, 1.54) is 12.7 Å².